The van der Waals surface area contributed by atoms with Crippen LogP contribution in [0.2, 0.25) is 5.02 Å². The van der Waals surface area contributed by atoms with Crippen LogP contribution in [0.5, 0.6) is 5.75 Å². The summed E-state index contributed by atoms with van der Waals surface area (Å²) in [6.45, 7) is 1.70. The Labute approximate surface area is 153 Å². The molecule has 0 saturated carbocycles. The molecule has 0 spiro atoms. The standard InChI is InChI=1S/C17H18ClN3O5/c1-26-13-5-4-10(18)8-12(13)21-15(22)11(9-20-6-2-3-7-20)14(16(23)24)19-17(21)25/h4-5,8H,2-3,6-7,9H2,1H3,(H,19,25)(H,23,24). The number of carboxylic acids is 1. The van der Waals surface area contributed by atoms with Crippen LogP contribution in [0.25, 0.3) is 5.69 Å². The lowest BCUT2D eigenvalue weighted by atomic mass is 10.2. The summed E-state index contributed by atoms with van der Waals surface area (Å²) >= 11 is 6.00. The lowest BCUT2D eigenvalue weighted by Crippen LogP contribution is -2.40. The number of nitrogens with one attached hydrogen (secondary N) is 1. The first-order chi connectivity index (χ1) is 12.4. The van der Waals surface area contributed by atoms with E-state index in [9.17, 15) is 19.5 Å². The van der Waals surface area contributed by atoms with Crippen molar-refractivity contribution in [2.45, 2.75) is 19.4 Å². The van der Waals surface area contributed by atoms with E-state index >= 15 is 0 Å². The van der Waals surface area contributed by atoms with Crippen molar-refractivity contribution < 1.29 is 14.6 Å². The first-order valence-corrected chi connectivity index (χ1v) is 8.48. The van der Waals surface area contributed by atoms with Gasteiger partial charge in [0.2, 0.25) is 0 Å². The van der Waals surface area contributed by atoms with Crippen molar-refractivity contribution in [3.05, 3.63) is 55.3 Å². The average molecular weight is 380 g/mol. The molecule has 138 valence electrons. The fourth-order valence-electron chi connectivity index (χ4n) is 3.12. The third-order valence-corrected chi connectivity index (χ3v) is 4.61. The van der Waals surface area contributed by atoms with E-state index in [0.717, 1.165) is 30.5 Å². The summed E-state index contributed by atoms with van der Waals surface area (Å²) in [6.07, 6.45) is 1.98. The zero-order chi connectivity index (χ0) is 18.8. The van der Waals surface area contributed by atoms with E-state index in [-0.39, 0.29) is 29.2 Å². The second kappa shape index (κ2) is 7.35. The van der Waals surface area contributed by atoms with Crippen molar-refractivity contribution in [1.29, 1.82) is 0 Å². The van der Waals surface area contributed by atoms with Crippen LogP contribution in [0.3, 0.4) is 0 Å². The minimum Gasteiger partial charge on any atom is -0.495 e. The maximum Gasteiger partial charge on any atom is 0.352 e. The Balaban J connectivity index is 2.24. The SMILES string of the molecule is COc1ccc(Cl)cc1-n1c(=O)[nH]c(C(=O)O)c(CN2CCCC2)c1=O. The van der Waals surface area contributed by atoms with Crippen molar-refractivity contribution in [1.82, 2.24) is 14.5 Å². The molecule has 2 N–H and O–H groups in total. The summed E-state index contributed by atoms with van der Waals surface area (Å²) in [4.78, 5) is 41.3. The van der Waals surface area contributed by atoms with E-state index < -0.39 is 17.2 Å². The molecular formula is C17H18ClN3O5. The van der Waals surface area contributed by atoms with Crippen LogP contribution < -0.4 is 16.0 Å². The van der Waals surface area contributed by atoms with Crippen molar-refractivity contribution >= 4 is 17.6 Å². The summed E-state index contributed by atoms with van der Waals surface area (Å²) in [5, 5.41) is 9.73. The van der Waals surface area contributed by atoms with E-state index in [2.05, 4.69) is 4.98 Å². The van der Waals surface area contributed by atoms with Crippen molar-refractivity contribution in [3.8, 4) is 11.4 Å². The number of benzene rings is 1. The first kappa shape index (κ1) is 18.2. The molecule has 2 heterocycles. The number of H-pyrrole nitrogens is 1. The van der Waals surface area contributed by atoms with Crippen LogP contribution in [-0.4, -0.2) is 45.7 Å². The third kappa shape index (κ3) is 3.38. The van der Waals surface area contributed by atoms with Crippen LogP contribution in [0.4, 0.5) is 0 Å². The molecule has 0 bridgehead atoms. The average Bonchev–Trinajstić information content (AvgIpc) is 3.10. The Morgan fingerprint density at radius 1 is 1.31 bits per heavy atom. The molecule has 1 aliphatic heterocycles. The molecule has 1 aliphatic rings. The highest BCUT2D eigenvalue weighted by atomic mass is 35.5. The fraction of sp³-hybridized carbons (Fsp3) is 0.353. The van der Waals surface area contributed by atoms with Crippen LogP contribution in [0.15, 0.2) is 27.8 Å². The van der Waals surface area contributed by atoms with Crippen molar-refractivity contribution in [3.63, 3.8) is 0 Å². The lowest BCUT2D eigenvalue weighted by molar-refractivity contribution is 0.0687. The number of carboxylic acid groups (broad SMARTS) is 1. The van der Waals surface area contributed by atoms with Gasteiger partial charge in [-0.05, 0) is 44.1 Å². The number of rotatable bonds is 5. The van der Waals surface area contributed by atoms with Gasteiger partial charge in [0, 0.05) is 11.6 Å². The highest BCUT2D eigenvalue weighted by molar-refractivity contribution is 6.30. The maximum absolute atomic E-state index is 13.0. The summed E-state index contributed by atoms with van der Waals surface area (Å²) in [5.74, 6) is -1.07. The predicted molar refractivity (Wildman–Crippen MR) is 95.7 cm³/mol. The molecular weight excluding hydrogens is 362 g/mol. The van der Waals surface area contributed by atoms with Gasteiger partial charge in [-0.3, -0.25) is 9.69 Å². The molecule has 2 aromatic rings. The Morgan fingerprint density at radius 3 is 2.62 bits per heavy atom. The molecule has 3 rings (SSSR count). The van der Waals surface area contributed by atoms with Crippen LogP contribution in [-0.2, 0) is 6.54 Å². The molecule has 0 atom stereocenters. The molecule has 0 amide bonds. The molecule has 0 unspecified atom stereocenters. The minimum atomic E-state index is -1.35. The van der Waals surface area contributed by atoms with Crippen LogP contribution in [0.1, 0.15) is 28.9 Å². The molecule has 1 saturated heterocycles. The smallest absolute Gasteiger partial charge is 0.352 e. The molecule has 1 aromatic heterocycles. The number of hydrogen-bond donors (Lipinski definition) is 2. The summed E-state index contributed by atoms with van der Waals surface area (Å²) in [5.41, 5.74) is -1.76. The maximum atomic E-state index is 13.0. The van der Waals surface area contributed by atoms with Crippen LogP contribution in [0, 0.1) is 0 Å². The largest absolute Gasteiger partial charge is 0.495 e. The Morgan fingerprint density at radius 2 is 2.00 bits per heavy atom. The third-order valence-electron chi connectivity index (χ3n) is 4.37. The number of aromatic nitrogens is 2. The Kier molecular flexibility index (Phi) is 5.15. The molecule has 1 fully saturated rings. The van der Waals surface area contributed by atoms with Gasteiger partial charge < -0.3 is 14.8 Å². The van der Waals surface area contributed by atoms with Crippen molar-refractivity contribution in [2.24, 2.45) is 0 Å². The second-order valence-corrected chi connectivity index (χ2v) is 6.47. The van der Waals surface area contributed by atoms with Gasteiger partial charge in [0.25, 0.3) is 5.56 Å². The van der Waals surface area contributed by atoms with Gasteiger partial charge in [0.1, 0.15) is 11.4 Å². The number of likely N-dealkylation sites (tertiary alicyclic amines) is 1. The molecule has 9 heteroatoms. The molecule has 1 aromatic carbocycles. The number of halogens is 1. The second-order valence-electron chi connectivity index (χ2n) is 6.03. The zero-order valence-corrected chi connectivity index (χ0v) is 14.9. The van der Waals surface area contributed by atoms with Gasteiger partial charge in [-0.15, -0.1) is 0 Å². The first-order valence-electron chi connectivity index (χ1n) is 8.10. The summed E-state index contributed by atoms with van der Waals surface area (Å²) < 4.78 is 6.08. The number of aromatic amines is 1. The molecule has 0 aliphatic carbocycles. The number of ether oxygens (including phenoxy) is 1. The van der Waals surface area contributed by atoms with Crippen LogP contribution >= 0.6 is 11.6 Å². The number of methoxy groups -OCH3 is 1. The quantitative estimate of drug-likeness (QED) is 0.815. The van der Waals surface area contributed by atoms with E-state index in [1.807, 2.05) is 4.90 Å². The van der Waals surface area contributed by atoms with Gasteiger partial charge in [-0.25, -0.2) is 14.2 Å². The summed E-state index contributed by atoms with van der Waals surface area (Å²) in [6, 6.07) is 4.53. The molecule has 0 radical (unpaired) electrons. The Bertz CT molecular complexity index is 960. The topological polar surface area (TPSA) is 105 Å². The molecule has 8 nitrogen and oxygen atoms in total. The van der Waals surface area contributed by atoms with Gasteiger partial charge in [-0.2, -0.15) is 0 Å². The Hall–Kier alpha value is -2.58. The highest BCUT2D eigenvalue weighted by Gasteiger charge is 2.24. The fourth-order valence-corrected chi connectivity index (χ4v) is 3.29. The van der Waals surface area contributed by atoms with E-state index in [1.54, 1.807) is 6.07 Å². The number of carbonyl (C=O) groups is 1. The normalized spacial score (nSPS) is 14.5. The van der Waals surface area contributed by atoms with E-state index in [1.165, 1.54) is 19.2 Å². The van der Waals surface area contributed by atoms with Crippen molar-refractivity contribution in [2.75, 3.05) is 20.2 Å². The van der Waals surface area contributed by atoms with Gasteiger partial charge in [-0.1, -0.05) is 11.6 Å². The number of hydrogen-bond acceptors (Lipinski definition) is 5. The van der Waals surface area contributed by atoms with E-state index in [4.69, 9.17) is 16.3 Å². The van der Waals surface area contributed by atoms with Gasteiger partial charge >= 0.3 is 11.7 Å². The van der Waals surface area contributed by atoms with Gasteiger partial charge in [0.05, 0.1) is 18.4 Å². The zero-order valence-electron chi connectivity index (χ0n) is 14.1. The van der Waals surface area contributed by atoms with E-state index in [0.29, 0.717) is 5.02 Å². The number of aromatic carboxylic acids is 1. The number of nitrogens with zero attached hydrogens (tertiary/aromatic N) is 2. The minimum absolute atomic E-state index is 0.0287. The lowest BCUT2D eigenvalue weighted by Gasteiger charge is -2.17. The van der Waals surface area contributed by atoms with Gasteiger partial charge in [0.15, 0.2) is 0 Å². The molecule has 26 heavy (non-hydrogen) atoms. The highest BCUT2D eigenvalue weighted by Crippen LogP contribution is 2.24. The summed E-state index contributed by atoms with van der Waals surface area (Å²) in [7, 11) is 1.41. The monoisotopic (exact) mass is 379 g/mol. The predicted octanol–water partition coefficient (Wildman–Crippen LogP) is 1.48.